The highest BCUT2D eigenvalue weighted by Gasteiger charge is 2.29. The molecule has 1 aromatic heterocycles. The lowest BCUT2D eigenvalue weighted by molar-refractivity contribution is 0.0240. The summed E-state index contributed by atoms with van der Waals surface area (Å²) >= 11 is 1.58. The number of nitrogens with one attached hydrogen (secondary N) is 1. The van der Waals surface area contributed by atoms with E-state index in [2.05, 4.69) is 17.4 Å². The molecule has 2 aromatic rings. The van der Waals surface area contributed by atoms with Crippen LogP contribution in [-0.4, -0.2) is 56.8 Å². The fourth-order valence-corrected chi connectivity index (χ4v) is 4.43. The van der Waals surface area contributed by atoms with Crippen molar-refractivity contribution >= 4 is 27.3 Å². The van der Waals surface area contributed by atoms with E-state index < -0.39 is 0 Å². The minimum atomic E-state index is -0.0557. The Morgan fingerprint density at radius 3 is 2.83 bits per heavy atom. The van der Waals surface area contributed by atoms with Crippen molar-refractivity contribution in [1.29, 1.82) is 0 Å². The Morgan fingerprint density at radius 2 is 2.04 bits per heavy atom. The van der Waals surface area contributed by atoms with Gasteiger partial charge >= 0.3 is 0 Å². The molecule has 0 radical (unpaired) electrons. The van der Waals surface area contributed by atoms with E-state index in [0.717, 1.165) is 33.6 Å². The van der Waals surface area contributed by atoms with Crippen molar-refractivity contribution in [3.8, 4) is 0 Å². The van der Waals surface area contributed by atoms with Crippen LogP contribution in [0, 0.1) is 0 Å². The van der Waals surface area contributed by atoms with E-state index in [1.807, 2.05) is 17.0 Å². The predicted octanol–water partition coefficient (Wildman–Crippen LogP) is 2.03. The van der Waals surface area contributed by atoms with Gasteiger partial charge in [0.15, 0.2) is 0 Å². The molecule has 2 saturated heterocycles. The smallest absolute Gasteiger partial charge is 0.264 e. The average Bonchev–Trinajstić information content (AvgIpc) is 3.02. The Bertz CT molecular complexity index is 703. The zero-order valence-electron chi connectivity index (χ0n) is 12.9. The first kappa shape index (κ1) is 15.1. The van der Waals surface area contributed by atoms with Gasteiger partial charge in [-0.25, -0.2) is 0 Å². The Morgan fingerprint density at radius 1 is 1.22 bits per heavy atom. The number of carbonyl (C=O) groups excluding carboxylic acids is 1. The lowest BCUT2D eigenvalue weighted by Crippen LogP contribution is -2.41. The van der Waals surface area contributed by atoms with Crippen LogP contribution >= 0.6 is 11.3 Å². The summed E-state index contributed by atoms with van der Waals surface area (Å²) in [6, 6.07) is 8.22. The molecule has 2 fully saturated rings. The molecule has 1 N–H and O–H groups in total. The number of rotatable bonds is 2. The molecule has 2 aliphatic heterocycles. The van der Waals surface area contributed by atoms with Crippen molar-refractivity contribution < 1.29 is 14.3 Å². The first-order chi connectivity index (χ1) is 11.3. The largest absolute Gasteiger partial charge is 0.378 e. The molecule has 3 heterocycles. The van der Waals surface area contributed by atoms with Crippen LogP contribution in [0.3, 0.4) is 0 Å². The van der Waals surface area contributed by atoms with Crippen molar-refractivity contribution in [2.45, 2.75) is 6.10 Å². The van der Waals surface area contributed by atoms with Crippen molar-refractivity contribution in [3.05, 3.63) is 34.7 Å². The molecule has 1 aromatic carbocycles. The number of amides is 1. The van der Waals surface area contributed by atoms with Crippen LogP contribution in [0.4, 0.5) is 0 Å². The minimum absolute atomic E-state index is 0.0557. The maximum absolute atomic E-state index is 13.0. The Balaban J connectivity index is 1.76. The molecule has 0 saturated carbocycles. The molecular formula is C17H20N2O3S. The second kappa shape index (κ2) is 6.57. The number of fused-ring (bicyclic) bond motifs is 1. The molecule has 6 heteroatoms. The molecule has 23 heavy (non-hydrogen) atoms. The van der Waals surface area contributed by atoms with Gasteiger partial charge in [0, 0.05) is 36.4 Å². The molecule has 0 spiro atoms. The number of hydrogen-bond acceptors (Lipinski definition) is 5. The number of benzene rings is 1. The number of nitrogens with zero attached hydrogens (tertiary/aromatic N) is 1. The van der Waals surface area contributed by atoms with Crippen LogP contribution in [0.5, 0.6) is 0 Å². The predicted molar refractivity (Wildman–Crippen MR) is 90.1 cm³/mol. The SMILES string of the molecule is O=C(c1sc2ccccc2c1[C@@H]1CNCCO1)N1CCOCC1. The fourth-order valence-electron chi connectivity index (χ4n) is 3.20. The third-order valence-electron chi connectivity index (χ3n) is 4.38. The highest BCUT2D eigenvalue weighted by molar-refractivity contribution is 7.21. The van der Waals surface area contributed by atoms with Crippen LogP contribution in [0.2, 0.25) is 0 Å². The van der Waals surface area contributed by atoms with E-state index in [0.29, 0.717) is 32.9 Å². The van der Waals surface area contributed by atoms with Gasteiger partial charge in [-0.2, -0.15) is 0 Å². The zero-order chi connectivity index (χ0) is 15.6. The van der Waals surface area contributed by atoms with Gasteiger partial charge in [-0.1, -0.05) is 18.2 Å². The number of thiophene rings is 1. The molecule has 0 unspecified atom stereocenters. The Hall–Kier alpha value is -1.47. The van der Waals surface area contributed by atoms with Gasteiger partial charge in [0.05, 0.1) is 30.8 Å². The van der Waals surface area contributed by atoms with E-state index in [9.17, 15) is 4.79 Å². The first-order valence-corrected chi connectivity index (χ1v) is 8.87. The Kier molecular flexibility index (Phi) is 4.31. The van der Waals surface area contributed by atoms with Crippen LogP contribution in [-0.2, 0) is 9.47 Å². The molecule has 122 valence electrons. The van der Waals surface area contributed by atoms with Gasteiger partial charge in [0.25, 0.3) is 5.91 Å². The monoisotopic (exact) mass is 332 g/mol. The maximum Gasteiger partial charge on any atom is 0.264 e. The first-order valence-electron chi connectivity index (χ1n) is 8.05. The standard InChI is InChI=1S/C17H20N2O3S/c20-17(19-6-9-21-10-7-19)16-15(13-11-18-5-8-22-13)12-3-1-2-4-14(12)23-16/h1-4,13,18H,5-11H2/t13-/m0/s1. The van der Waals surface area contributed by atoms with Crippen LogP contribution < -0.4 is 5.32 Å². The summed E-state index contributed by atoms with van der Waals surface area (Å²) < 4.78 is 12.5. The summed E-state index contributed by atoms with van der Waals surface area (Å²) in [6.45, 7) is 4.86. The summed E-state index contributed by atoms with van der Waals surface area (Å²) in [5.74, 6) is 0.110. The van der Waals surface area contributed by atoms with Crippen LogP contribution in [0.15, 0.2) is 24.3 Å². The molecule has 4 rings (SSSR count). The summed E-state index contributed by atoms with van der Waals surface area (Å²) in [4.78, 5) is 15.8. The fraction of sp³-hybridized carbons (Fsp3) is 0.471. The van der Waals surface area contributed by atoms with E-state index in [-0.39, 0.29) is 12.0 Å². The highest BCUT2D eigenvalue weighted by Crippen LogP contribution is 2.38. The number of hydrogen-bond donors (Lipinski definition) is 1. The Labute approximate surface area is 139 Å². The van der Waals surface area contributed by atoms with Gasteiger partial charge in [0.1, 0.15) is 0 Å². The zero-order valence-corrected chi connectivity index (χ0v) is 13.7. The van der Waals surface area contributed by atoms with Gasteiger partial charge < -0.3 is 19.7 Å². The topological polar surface area (TPSA) is 50.8 Å². The van der Waals surface area contributed by atoms with E-state index in [1.165, 1.54) is 0 Å². The van der Waals surface area contributed by atoms with Gasteiger partial charge in [-0.05, 0) is 11.5 Å². The quantitative estimate of drug-likeness (QED) is 0.914. The second-order valence-electron chi connectivity index (χ2n) is 5.81. The molecule has 5 nitrogen and oxygen atoms in total. The van der Waals surface area contributed by atoms with Crippen molar-refractivity contribution in [3.63, 3.8) is 0 Å². The van der Waals surface area contributed by atoms with Crippen LogP contribution in [0.25, 0.3) is 10.1 Å². The van der Waals surface area contributed by atoms with Gasteiger partial charge in [-0.15, -0.1) is 11.3 Å². The third kappa shape index (κ3) is 2.87. The number of ether oxygens (including phenoxy) is 2. The second-order valence-corrected chi connectivity index (χ2v) is 6.86. The molecule has 0 aliphatic carbocycles. The third-order valence-corrected chi connectivity index (χ3v) is 5.55. The maximum atomic E-state index is 13.0. The molecule has 2 aliphatic rings. The van der Waals surface area contributed by atoms with Crippen molar-refractivity contribution in [2.24, 2.45) is 0 Å². The summed E-state index contributed by atoms with van der Waals surface area (Å²) in [5, 5.41) is 4.51. The number of carbonyl (C=O) groups is 1. The number of morpholine rings is 2. The van der Waals surface area contributed by atoms with Gasteiger partial charge in [0.2, 0.25) is 0 Å². The normalized spacial score (nSPS) is 22.4. The molecule has 1 atom stereocenters. The lowest BCUT2D eigenvalue weighted by atomic mass is 10.0. The summed E-state index contributed by atoms with van der Waals surface area (Å²) in [6.07, 6.45) is -0.0557. The molecule has 1 amide bonds. The molecule has 0 bridgehead atoms. The minimum Gasteiger partial charge on any atom is -0.378 e. The molecular weight excluding hydrogens is 312 g/mol. The van der Waals surface area contributed by atoms with Gasteiger partial charge in [-0.3, -0.25) is 4.79 Å². The van der Waals surface area contributed by atoms with E-state index in [4.69, 9.17) is 9.47 Å². The lowest BCUT2D eigenvalue weighted by Gasteiger charge is -2.28. The van der Waals surface area contributed by atoms with Crippen molar-refractivity contribution in [1.82, 2.24) is 10.2 Å². The van der Waals surface area contributed by atoms with Crippen molar-refractivity contribution in [2.75, 3.05) is 46.0 Å². The highest BCUT2D eigenvalue weighted by atomic mass is 32.1. The van der Waals surface area contributed by atoms with Crippen LogP contribution in [0.1, 0.15) is 21.3 Å². The average molecular weight is 332 g/mol. The summed E-state index contributed by atoms with van der Waals surface area (Å²) in [7, 11) is 0. The van der Waals surface area contributed by atoms with E-state index in [1.54, 1.807) is 11.3 Å². The van der Waals surface area contributed by atoms with E-state index >= 15 is 0 Å². The summed E-state index contributed by atoms with van der Waals surface area (Å²) in [5.41, 5.74) is 1.05.